The molecule has 0 radical (unpaired) electrons. The van der Waals surface area contributed by atoms with E-state index < -0.39 is 0 Å². The monoisotopic (exact) mass is 376 g/mol. The van der Waals surface area contributed by atoms with E-state index >= 15 is 0 Å². The summed E-state index contributed by atoms with van der Waals surface area (Å²) in [6.07, 6.45) is 27.8. The van der Waals surface area contributed by atoms with Crippen molar-refractivity contribution in [2.24, 2.45) is 35.5 Å². The standard InChI is InChI=1S/C26H48.CH4/c1-3-21(2)18-23-14-16-24(17-15-23)20-26(25-12-8-5-9-13-25)19-22-10-6-4-7-11-22;/h21-26H,3-20H2,1-2H3;1H4/t21-,23?,24?,26?;/m1./s1. The second-order valence-corrected chi connectivity index (χ2v) is 10.8. The average Bonchev–Trinajstić information content (AvgIpc) is 2.70. The van der Waals surface area contributed by atoms with E-state index in [1.807, 2.05) is 0 Å². The molecule has 0 aliphatic heterocycles. The highest BCUT2D eigenvalue weighted by Crippen LogP contribution is 2.43. The van der Waals surface area contributed by atoms with Crippen molar-refractivity contribution < 1.29 is 0 Å². The second-order valence-electron chi connectivity index (χ2n) is 10.8. The molecule has 1 unspecified atom stereocenters. The molecule has 0 spiro atoms. The minimum atomic E-state index is 0. The summed E-state index contributed by atoms with van der Waals surface area (Å²) in [4.78, 5) is 0. The maximum atomic E-state index is 2.47. The Morgan fingerprint density at radius 2 is 1.04 bits per heavy atom. The van der Waals surface area contributed by atoms with Gasteiger partial charge in [0.2, 0.25) is 0 Å². The van der Waals surface area contributed by atoms with E-state index in [2.05, 4.69) is 13.8 Å². The summed E-state index contributed by atoms with van der Waals surface area (Å²) in [5.41, 5.74) is 0. The van der Waals surface area contributed by atoms with Gasteiger partial charge in [-0.15, -0.1) is 0 Å². The van der Waals surface area contributed by atoms with Crippen LogP contribution < -0.4 is 0 Å². The summed E-state index contributed by atoms with van der Waals surface area (Å²) in [6.45, 7) is 4.84. The summed E-state index contributed by atoms with van der Waals surface area (Å²) in [6, 6.07) is 0. The fourth-order valence-electron chi connectivity index (χ4n) is 6.80. The fourth-order valence-corrected chi connectivity index (χ4v) is 6.80. The number of rotatable bonds is 8. The molecule has 0 heterocycles. The Kier molecular flexibility index (Phi) is 10.8. The summed E-state index contributed by atoms with van der Waals surface area (Å²) in [7, 11) is 0. The Balaban J connectivity index is 0.00000261. The predicted molar refractivity (Wildman–Crippen MR) is 122 cm³/mol. The van der Waals surface area contributed by atoms with Gasteiger partial charge in [0.15, 0.2) is 0 Å². The van der Waals surface area contributed by atoms with Gasteiger partial charge in [0.25, 0.3) is 0 Å². The van der Waals surface area contributed by atoms with Crippen LogP contribution in [0.25, 0.3) is 0 Å². The Hall–Kier alpha value is 0. The lowest BCUT2D eigenvalue weighted by Crippen LogP contribution is -2.26. The quantitative estimate of drug-likeness (QED) is 0.395. The molecular weight excluding hydrogens is 324 g/mol. The van der Waals surface area contributed by atoms with E-state index in [9.17, 15) is 0 Å². The minimum Gasteiger partial charge on any atom is -0.0776 e. The van der Waals surface area contributed by atoms with Crippen LogP contribution in [0.4, 0.5) is 0 Å². The molecule has 0 N–H and O–H groups in total. The van der Waals surface area contributed by atoms with Gasteiger partial charge >= 0.3 is 0 Å². The molecular formula is C27H52. The number of hydrogen-bond donors (Lipinski definition) is 0. The van der Waals surface area contributed by atoms with Gasteiger partial charge in [-0.1, -0.05) is 118 Å². The molecule has 3 saturated carbocycles. The highest BCUT2D eigenvalue weighted by Gasteiger charge is 2.31. The van der Waals surface area contributed by atoms with Crippen LogP contribution in [-0.4, -0.2) is 0 Å². The van der Waals surface area contributed by atoms with Crippen LogP contribution >= 0.6 is 0 Å². The summed E-state index contributed by atoms with van der Waals surface area (Å²) in [5.74, 6) is 6.39. The lowest BCUT2D eigenvalue weighted by atomic mass is 9.68. The summed E-state index contributed by atoms with van der Waals surface area (Å²) >= 11 is 0. The van der Waals surface area contributed by atoms with Gasteiger partial charge in [0.05, 0.1) is 0 Å². The lowest BCUT2D eigenvalue weighted by Gasteiger charge is -2.38. The molecule has 0 amide bonds. The van der Waals surface area contributed by atoms with Crippen LogP contribution in [0.15, 0.2) is 0 Å². The number of hydrogen-bond acceptors (Lipinski definition) is 0. The SMILES string of the molecule is C.CC[C@@H](C)CC1CCC(CC(CC2CCCCC2)C2CCCCC2)CC1. The molecule has 27 heavy (non-hydrogen) atoms. The van der Waals surface area contributed by atoms with Gasteiger partial charge in [-0.2, -0.15) is 0 Å². The van der Waals surface area contributed by atoms with Crippen LogP contribution in [0.2, 0.25) is 0 Å². The Bertz CT molecular complexity index is 352. The van der Waals surface area contributed by atoms with Crippen molar-refractivity contribution in [3.63, 3.8) is 0 Å². The Morgan fingerprint density at radius 1 is 0.593 bits per heavy atom. The molecule has 0 aromatic rings. The second kappa shape index (κ2) is 12.5. The molecule has 160 valence electrons. The van der Waals surface area contributed by atoms with Crippen LogP contribution in [-0.2, 0) is 0 Å². The molecule has 3 aliphatic carbocycles. The van der Waals surface area contributed by atoms with Crippen LogP contribution in [0.5, 0.6) is 0 Å². The fraction of sp³-hybridized carbons (Fsp3) is 1.00. The van der Waals surface area contributed by atoms with Gasteiger partial charge in [-0.3, -0.25) is 0 Å². The topological polar surface area (TPSA) is 0 Å². The van der Waals surface area contributed by atoms with E-state index in [0.717, 1.165) is 35.5 Å². The first-order valence-corrected chi connectivity index (χ1v) is 12.7. The van der Waals surface area contributed by atoms with Crippen molar-refractivity contribution >= 4 is 0 Å². The third-order valence-corrected chi connectivity index (χ3v) is 8.71. The highest BCUT2D eigenvalue weighted by molar-refractivity contribution is 4.82. The predicted octanol–water partition coefficient (Wildman–Crippen LogP) is 9.42. The zero-order chi connectivity index (χ0) is 18.2. The van der Waals surface area contributed by atoms with E-state index in [0.29, 0.717) is 0 Å². The van der Waals surface area contributed by atoms with Crippen LogP contribution in [0.1, 0.15) is 137 Å². The van der Waals surface area contributed by atoms with Gasteiger partial charge in [-0.05, 0) is 54.8 Å². The van der Waals surface area contributed by atoms with E-state index in [1.165, 1.54) is 51.4 Å². The Labute approximate surface area is 172 Å². The van der Waals surface area contributed by atoms with Gasteiger partial charge in [-0.25, -0.2) is 0 Å². The van der Waals surface area contributed by atoms with Crippen molar-refractivity contribution in [2.75, 3.05) is 0 Å². The third-order valence-electron chi connectivity index (χ3n) is 8.71. The first-order chi connectivity index (χ1) is 12.7. The van der Waals surface area contributed by atoms with Crippen molar-refractivity contribution in [3.8, 4) is 0 Å². The smallest absolute Gasteiger partial charge is 0.0381 e. The van der Waals surface area contributed by atoms with E-state index in [1.54, 1.807) is 64.2 Å². The molecule has 3 rings (SSSR count). The summed E-state index contributed by atoms with van der Waals surface area (Å²) < 4.78 is 0. The van der Waals surface area contributed by atoms with Crippen molar-refractivity contribution in [1.82, 2.24) is 0 Å². The average molecular weight is 377 g/mol. The molecule has 0 nitrogen and oxygen atoms in total. The van der Waals surface area contributed by atoms with Crippen molar-refractivity contribution in [1.29, 1.82) is 0 Å². The Morgan fingerprint density at radius 3 is 1.56 bits per heavy atom. The molecule has 2 atom stereocenters. The normalized spacial score (nSPS) is 30.4. The molecule has 0 bridgehead atoms. The third kappa shape index (κ3) is 7.74. The first-order valence-electron chi connectivity index (χ1n) is 12.7. The van der Waals surface area contributed by atoms with Crippen LogP contribution in [0.3, 0.4) is 0 Å². The molecule has 0 aromatic heterocycles. The van der Waals surface area contributed by atoms with Crippen LogP contribution in [0, 0.1) is 35.5 Å². The van der Waals surface area contributed by atoms with Crippen molar-refractivity contribution in [2.45, 2.75) is 137 Å². The van der Waals surface area contributed by atoms with Crippen molar-refractivity contribution in [3.05, 3.63) is 0 Å². The zero-order valence-corrected chi connectivity index (χ0v) is 18.2. The van der Waals surface area contributed by atoms with Gasteiger partial charge < -0.3 is 0 Å². The maximum Gasteiger partial charge on any atom is -0.0381 e. The minimum absolute atomic E-state index is 0. The molecule has 0 aromatic carbocycles. The lowest BCUT2D eigenvalue weighted by molar-refractivity contribution is 0.136. The van der Waals surface area contributed by atoms with E-state index in [-0.39, 0.29) is 7.43 Å². The first kappa shape index (κ1) is 23.3. The summed E-state index contributed by atoms with van der Waals surface area (Å²) in [5, 5.41) is 0. The molecule has 3 aliphatic rings. The molecule has 0 saturated heterocycles. The highest BCUT2D eigenvalue weighted by atomic mass is 14.4. The molecule has 0 heteroatoms. The van der Waals surface area contributed by atoms with E-state index in [4.69, 9.17) is 0 Å². The van der Waals surface area contributed by atoms with Gasteiger partial charge in [0.1, 0.15) is 0 Å². The van der Waals surface area contributed by atoms with Gasteiger partial charge in [0, 0.05) is 0 Å². The maximum absolute atomic E-state index is 2.47. The largest absolute Gasteiger partial charge is 0.0776 e. The molecule has 3 fully saturated rings. The zero-order valence-electron chi connectivity index (χ0n) is 18.2.